The Labute approximate surface area is 224 Å². The molecule has 0 saturated carbocycles. The second kappa shape index (κ2) is 11.2. The normalized spacial score (nSPS) is 20.9. The minimum absolute atomic E-state index is 0.0613. The number of likely N-dealkylation sites (N-methyl/N-ethyl adjacent to an activating group) is 1. The van der Waals surface area contributed by atoms with Gasteiger partial charge in [0.05, 0.1) is 10.5 Å². The van der Waals surface area contributed by atoms with Crippen molar-refractivity contribution in [1.29, 1.82) is 0 Å². The number of nitrogens with one attached hydrogen (secondary N) is 1. The highest BCUT2D eigenvalue weighted by Crippen LogP contribution is 2.38. The number of carbonyl (C=O) groups excluding carboxylic acids is 2. The summed E-state index contributed by atoms with van der Waals surface area (Å²) in [6, 6.07) is 6.10. The van der Waals surface area contributed by atoms with Gasteiger partial charge in [0.25, 0.3) is 11.8 Å². The summed E-state index contributed by atoms with van der Waals surface area (Å²) in [4.78, 5) is 31.9. The predicted molar refractivity (Wildman–Crippen MR) is 148 cm³/mol. The van der Waals surface area contributed by atoms with Crippen LogP contribution in [0.25, 0.3) is 0 Å². The van der Waals surface area contributed by atoms with Crippen LogP contribution in [-0.4, -0.2) is 74.1 Å². The number of sulfonamides is 1. The molecular formula is C27H38N4O4S2. The molecule has 1 aromatic carbocycles. The number of benzene rings is 1. The molecular weight excluding hydrogens is 508 g/mol. The molecule has 2 atom stereocenters. The summed E-state index contributed by atoms with van der Waals surface area (Å²) in [6.07, 6.45) is 1.78. The predicted octanol–water partition coefficient (Wildman–Crippen LogP) is 4.14. The lowest BCUT2D eigenvalue weighted by Crippen LogP contribution is -2.42. The van der Waals surface area contributed by atoms with E-state index in [9.17, 15) is 18.0 Å². The topological polar surface area (TPSA) is 90.0 Å². The minimum Gasteiger partial charge on any atom is -0.339 e. The molecule has 3 heterocycles. The van der Waals surface area contributed by atoms with Gasteiger partial charge in [-0.3, -0.25) is 9.59 Å². The summed E-state index contributed by atoms with van der Waals surface area (Å²) in [5.74, 6) is 0.208. The summed E-state index contributed by atoms with van der Waals surface area (Å²) in [5, 5.41) is 3.53. The number of fused-ring (bicyclic) bond motifs is 1. The van der Waals surface area contributed by atoms with E-state index in [1.807, 2.05) is 20.9 Å². The van der Waals surface area contributed by atoms with Gasteiger partial charge in [-0.05, 0) is 75.4 Å². The van der Waals surface area contributed by atoms with Gasteiger partial charge in [0.1, 0.15) is 5.00 Å². The molecule has 0 radical (unpaired) electrons. The lowest BCUT2D eigenvalue weighted by molar-refractivity contribution is 0.0772. The molecule has 0 spiro atoms. The number of thiophene rings is 1. The van der Waals surface area contributed by atoms with E-state index in [0.717, 1.165) is 36.4 Å². The maximum atomic E-state index is 13.4. The molecule has 0 bridgehead atoms. The number of nitrogens with zero attached hydrogens (tertiary/aromatic N) is 3. The van der Waals surface area contributed by atoms with Crippen molar-refractivity contribution < 1.29 is 18.0 Å². The number of piperidine rings is 1. The van der Waals surface area contributed by atoms with Gasteiger partial charge in [-0.15, -0.1) is 11.3 Å². The van der Waals surface area contributed by atoms with Gasteiger partial charge in [-0.1, -0.05) is 13.8 Å². The Balaban J connectivity index is 1.57. The fourth-order valence-electron chi connectivity index (χ4n) is 5.42. The van der Waals surface area contributed by atoms with Crippen LogP contribution in [0.1, 0.15) is 65.3 Å². The maximum Gasteiger partial charge on any atom is 0.257 e. The molecule has 10 heteroatoms. The third kappa shape index (κ3) is 5.77. The van der Waals surface area contributed by atoms with E-state index in [1.54, 1.807) is 21.3 Å². The van der Waals surface area contributed by atoms with Crippen molar-refractivity contribution >= 4 is 38.2 Å². The Kier molecular flexibility index (Phi) is 8.42. The van der Waals surface area contributed by atoms with Gasteiger partial charge < -0.3 is 15.1 Å². The smallest absolute Gasteiger partial charge is 0.257 e. The number of anilines is 1. The molecule has 1 aromatic heterocycles. The van der Waals surface area contributed by atoms with Gasteiger partial charge in [0.2, 0.25) is 10.0 Å². The van der Waals surface area contributed by atoms with Crippen LogP contribution in [0.3, 0.4) is 0 Å². The quantitative estimate of drug-likeness (QED) is 0.564. The number of hydrogen-bond acceptors (Lipinski definition) is 6. The van der Waals surface area contributed by atoms with E-state index in [-0.39, 0.29) is 16.7 Å². The lowest BCUT2D eigenvalue weighted by atomic mass is 9.94. The standard InChI is InChI=1S/C27H38N4O4S2/c1-6-30(7-2)27(33)24-22-12-13-29(5)17-23(22)36-26(24)28-25(32)20-8-10-21(11-9-20)37(34,35)31-15-18(3)14-19(4)16-31/h8-11,18-19H,6-7,12-17H2,1-5H3,(H,28,32). The zero-order chi connectivity index (χ0) is 26.9. The number of rotatable bonds is 7. The summed E-state index contributed by atoms with van der Waals surface area (Å²) < 4.78 is 28.0. The van der Waals surface area contributed by atoms with Crippen LogP contribution in [0, 0.1) is 11.8 Å². The molecule has 2 aromatic rings. The van der Waals surface area contributed by atoms with E-state index in [0.29, 0.717) is 54.1 Å². The minimum atomic E-state index is -3.62. The zero-order valence-corrected chi connectivity index (χ0v) is 24.0. The van der Waals surface area contributed by atoms with Crippen molar-refractivity contribution in [2.75, 3.05) is 45.1 Å². The summed E-state index contributed by atoms with van der Waals surface area (Å²) in [6.45, 7) is 11.9. The maximum absolute atomic E-state index is 13.4. The van der Waals surface area contributed by atoms with Gasteiger partial charge in [-0.2, -0.15) is 4.31 Å². The lowest BCUT2D eigenvalue weighted by Gasteiger charge is -2.34. The SMILES string of the molecule is CCN(CC)C(=O)c1c(NC(=O)c2ccc(S(=O)(=O)N3CC(C)CC(C)C3)cc2)sc2c1CCN(C)C2. The van der Waals surface area contributed by atoms with Crippen LogP contribution in [0.15, 0.2) is 29.2 Å². The molecule has 8 nitrogen and oxygen atoms in total. The first-order valence-corrected chi connectivity index (χ1v) is 15.3. The van der Waals surface area contributed by atoms with Crippen molar-refractivity contribution in [1.82, 2.24) is 14.1 Å². The highest BCUT2D eigenvalue weighted by Gasteiger charge is 2.32. The molecule has 2 amide bonds. The van der Waals surface area contributed by atoms with Crippen molar-refractivity contribution in [2.24, 2.45) is 11.8 Å². The zero-order valence-electron chi connectivity index (χ0n) is 22.4. The summed E-state index contributed by atoms with van der Waals surface area (Å²) in [7, 11) is -1.57. The highest BCUT2D eigenvalue weighted by atomic mass is 32.2. The molecule has 2 aliphatic rings. The van der Waals surface area contributed by atoms with Gasteiger partial charge in [0, 0.05) is 49.7 Å². The largest absolute Gasteiger partial charge is 0.339 e. The third-order valence-corrected chi connectivity index (χ3v) is 10.3. The molecule has 4 rings (SSSR count). The van der Waals surface area contributed by atoms with Gasteiger partial charge >= 0.3 is 0 Å². The Morgan fingerprint density at radius 3 is 2.30 bits per heavy atom. The molecule has 0 aliphatic carbocycles. The molecule has 202 valence electrons. The first-order valence-electron chi connectivity index (χ1n) is 13.1. The van der Waals surface area contributed by atoms with Crippen LogP contribution in [-0.2, 0) is 23.0 Å². The summed E-state index contributed by atoms with van der Waals surface area (Å²) >= 11 is 1.46. The third-order valence-electron chi connectivity index (χ3n) is 7.33. The highest BCUT2D eigenvalue weighted by molar-refractivity contribution is 7.89. The van der Waals surface area contributed by atoms with Crippen molar-refractivity contribution in [2.45, 2.75) is 52.0 Å². The van der Waals surface area contributed by atoms with E-state index >= 15 is 0 Å². The molecule has 37 heavy (non-hydrogen) atoms. The van der Waals surface area contributed by atoms with Crippen LogP contribution < -0.4 is 5.32 Å². The average molecular weight is 547 g/mol. The summed E-state index contributed by atoms with van der Waals surface area (Å²) in [5.41, 5.74) is 1.98. The van der Waals surface area contributed by atoms with Crippen LogP contribution in [0.2, 0.25) is 0 Å². The second-order valence-electron chi connectivity index (χ2n) is 10.4. The second-order valence-corrected chi connectivity index (χ2v) is 13.5. The van der Waals surface area contributed by atoms with Crippen molar-refractivity contribution in [3.8, 4) is 0 Å². The number of amides is 2. The molecule has 2 unspecified atom stereocenters. The van der Waals surface area contributed by atoms with Crippen molar-refractivity contribution in [3.05, 3.63) is 45.8 Å². The number of carbonyl (C=O) groups is 2. The first kappa shape index (κ1) is 27.8. The van der Waals surface area contributed by atoms with Crippen molar-refractivity contribution in [3.63, 3.8) is 0 Å². The molecule has 1 fully saturated rings. The average Bonchev–Trinajstić information content (AvgIpc) is 3.20. The van der Waals surface area contributed by atoms with E-state index < -0.39 is 10.0 Å². The molecule has 1 N–H and O–H groups in total. The van der Waals surface area contributed by atoms with E-state index in [1.165, 1.54) is 23.5 Å². The van der Waals surface area contributed by atoms with E-state index in [4.69, 9.17) is 0 Å². The molecule has 1 saturated heterocycles. The van der Waals surface area contributed by atoms with Crippen LogP contribution >= 0.6 is 11.3 Å². The van der Waals surface area contributed by atoms with Gasteiger partial charge in [-0.25, -0.2) is 8.42 Å². The number of hydrogen-bond donors (Lipinski definition) is 1. The molecule has 2 aliphatic heterocycles. The first-order chi connectivity index (χ1) is 17.5. The fourth-order valence-corrected chi connectivity index (χ4v) is 8.41. The van der Waals surface area contributed by atoms with Crippen LogP contribution in [0.5, 0.6) is 0 Å². The Morgan fingerprint density at radius 2 is 1.70 bits per heavy atom. The van der Waals surface area contributed by atoms with Crippen LogP contribution in [0.4, 0.5) is 5.00 Å². The monoisotopic (exact) mass is 546 g/mol. The fraction of sp³-hybridized carbons (Fsp3) is 0.556. The van der Waals surface area contributed by atoms with Gasteiger partial charge in [0.15, 0.2) is 0 Å². The Hall–Kier alpha value is -2.27. The Morgan fingerprint density at radius 1 is 1.08 bits per heavy atom. The van der Waals surface area contributed by atoms with E-state index in [2.05, 4.69) is 24.1 Å². The Bertz CT molecular complexity index is 1240.